The average molecular weight is 872 g/mol. The SMILES string of the molecule is CCCCC/C=C\C/C=C\C/C=C\CC(O)C(O)CCCC(=O)O[C@H](COC(=O)CCCCCCCCC/C=C\CCCCCCCC)COP(=O)(O)OC[C@H](N)C(=O)O. The molecular formula is C46H82NO12P. The van der Waals surface area contributed by atoms with Crippen molar-refractivity contribution >= 4 is 25.7 Å². The van der Waals surface area contributed by atoms with Crippen LogP contribution in [0.3, 0.4) is 0 Å². The number of carbonyl (C=O) groups is 3. The Bertz CT molecular complexity index is 1240. The first kappa shape index (κ1) is 57.4. The number of allylic oxidation sites excluding steroid dienone is 7. The first-order valence-electron chi connectivity index (χ1n) is 22.8. The summed E-state index contributed by atoms with van der Waals surface area (Å²) >= 11 is 0. The molecule has 13 nitrogen and oxygen atoms in total. The number of aliphatic hydroxyl groups is 2. The van der Waals surface area contributed by atoms with Crippen LogP contribution >= 0.6 is 7.82 Å². The zero-order chi connectivity index (χ0) is 44.5. The zero-order valence-electron chi connectivity index (χ0n) is 37.0. The molecule has 0 saturated carbocycles. The van der Waals surface area contributed by atoms with E-state index in [9.17, 15) is 34.1 Å². The van der Waals surface area contributed by atoms with Crippen LogP contribution in [-0.4, -0.2) is 82.3 Å². The molecule has 3 unspecified atom stereocenters. The summed E-state index contributed by atoms with van der Waals surface area (Å²) in [5.74, 6) is -2.71. The largest absolute Gasteiger partial charge is 0.480 e. The Morgan fingerprint density at radius 3 is 1.65 bits per heavy atom. The number of aliphatic carboxylic acids is 1. The monoisotopic (exact) mass is 872 g/mol. The highest BCUT2D eigenvalue weighted by Crippen LogP contribution is 2.43. The lowest BCUT2D eigenvalue weighted by atomic mass is 10.0. The number of hydrogen-bond donors (Lipinski definition) is 5. The Morgan fingerprint density at radius 2 is 1.05 bits per heavy atom. The lowest BCUT2D eigenvalue weighted by molar-refractivity contribution is -0.161. The van der Waals surface area contributed by atoms with Gasteiger partial charge in [0.15, 0.2) is 6.10 Å². The Hall–Kier alpha value is -2.64. The molecule has 0 aromatic heterocycles. The lowest BCUT2D eigenvalue weighted by Crippen LogP contribution is -2.34. The van der Waals surface area contributed by atoms with E-state index in [0.717, 1.165) is 44.9 Å². The van der Waals surface area contributed by atoms with Crippen LogP contribution in [0.1, 0.15) is 181 Å². The van der Waals surface area contributed by atoms with E-state index < -0.39 is 69.9 Å². The number of phosphoric ester groups is 1. The number of hydrogen-bond acceptors (Lipinski definition) is 11. The molecule has 0 amide bonds. The molecule has 0 aliphatic rings. The molecule has 0 radical (unpaired) electrons. The molecule has 0 bridgehead atoms. The van der Waals surface area contributed by atoms with Gasteiger partial charge in [0, 0.05) is 12.8 Å². The van der Waals surface area contributed by atoms with Gasteiger partial charge in [-0.2, -0.15) is 0 Å². The summed E-state index contributed by atoms with van der Waals surface area (Å²) in [4.78, 5) is 46.1. The lowest BCUT2D eigenvalue weighted by Gasteiger charge is -2.20. The van der Waals surface area contributed by atoms with E-state index in [-0.39, 0.29) is 32.1 Å². The van der Waals surface area contributed by atoms with Crippen LogP contribution in [-0.2, 0) is 37.5 Å². The topological polar surface area (TPSA) is 212 Å². The van der Waals surface area contributed by atoms with Crippen molar-refractivity contribution in [1.82, 2.24) is 0 Å². The highest BCUT2D eigenvalue weighted by molar-refractivity contribution is 7.47. The predicted octanol–water partition coefficient (Wildman–Crippen LogP) is 10.1. The van der Waals surface area contributed by atoms with Gasteiger partial charge in [0.1, 0.15) is 12.6 Å². The number of nitrogens with two attached hydrogens (primary N) is 1. The van der Waals surface area contributed by atoms with Crippen LogP contribution in [0.2, 0.25) is 0 Å². The molecule has 0 saturated heterocycles. The number of phosphoric acid groups is 1. The predicted molar refractivity (Wildman–Crippen MR) is 238 cm³/mol. The third-order valence-corrected chi connectivity index (χ3v) is 10.7. The molecule has 0 rings (SSSR count). The van der Waals surface area contributed by atoms with E-state index in [2.05, 4.69) is 48.8 Å². The first-order chi connectivity index (χ1) is 28.9. The maximum absolute atomic E-state index is 12.7. The molecule has 6 N–H and O–H groups in total. The van der Waals surface area contributed by atoms with Gasteiger partial charge in [-0.3, -0.25) is 23.4 Å². The smallest absolute Gasteiger partial charge is 0.472 e. The first-order valence-corrected chi connectivity index (χ1v) is 24.3. The van der Waals surface area contributed by atoms with Gasteiger partial charge in [-0.15, -0.1) is 0 Å². The molecule has 14 heteroatoms. The second-order valence-electron chi connectivity index (χ2n) is 15.5. The molecular weight excluding hydrogens is 789 g/mol. The van der Waals surface area contributed by atoms with Crippen molar-refractivity contribution in [3.8, 4) is 0 Å². The molecule has 0 aromatic rings. The number of esters is 2. The fourth-order valence-corrected chi connectivity index (χ4v) is 6.76. The molecule has 0 aliphatic carbocycles. The summed E-state index contributed by atoms with van der Waals surface area (Å²) in [6.45, 7) is 2.47. The molecule has 0 fully saturated rings. The molecule has 348 valence electrons. The minimum atomic E-state index is -4.80. The van der Waals surface area contributed by atoms with Crippen molar-refractivity contribution in [1.29, 1.82) is 0 Å². The van der Waals surface area contributed by atoms with Gasteiger partial charge in [0.2, 0.25) is 0 Å². The van der Waals surface area contributed by atoms with Gasteiger partial charge in [-0.25, -0.2) is 4.57 Å². The van der Waals surface area contributed by atoms with Crippen LogP contribution in [0, 0.1) is 0 Å². The highest BCUT2D eigenvalue weighted by Gasteiger charge is 2.28. The summed E-state index contributed by atoms with van der Waals surface area (Å²) in [7, 11) is -4.80. The van der Waals surface area contributed by atoms with E-state index in [1.54, 1.807) is 6.08 Å². The van der Waals surface area contributed by atoms with Gasteiger partial charge in [-0.1, -0.05) is 140 Å². The minimum absolute atomic E-state index is 0.116. The number of rotatable bonds is 42. The molecule has 0 aliphatic heterocycles. The van der Waals surface area contributed by atoms with Gasteiger partial charge in [0.05, 0.1) is 25.4 Å². The standard InChI is InChI=1S/C46H82NO12P/c1-3-5-7-9-11-13-15-17-18-19-20-21-23-25-27-29-31-35-44(50)56-37-40(38-57-60(54,55)58-39-41(47)46(52)53)59-45(51)36-32-34-43(49)42(48)33-30-28-26-24-22-16-14-12-10-8-6-4-2/h12,14,17-18,22,24,28,30,40-43,48-49H,3-11,13,15-16,19-21,23,25-27,29,31-39,47H2,1-2H3,(H,52,53)(H,54,55)/b14-12-,18-17-,24-22-,30-28-/t40-,41+,42?,43?/m1/s1. The third-order valence-electron chi connectivity index (χ3n) is 9.75. The maximum Gasteiger partial charge on any atom is 0.472 e. The number of ether oxygens (including phenoxy) is 2. The number of aliphatic hydroxyl groups excluding tert-OH is 2. The van der Waals surface area contributed by atoms with Crippen molar-refractivity contribution in [3.05, 3.63) is 48.6 Å². The zero-order valence-corrected chi connectivity index (χ0v) is 37.9. The van der Waals surface area contributed by atoms with Crippen LogP contribution in [0.4, 0.5) is 0 Å². The Kier molecular flexibility index (Phi) is 38.7. The van der Waals surface area contributed by atoms with Gasteiger partial charge in [0.25, 0.3) is 0 Å². The fourth-order valence-electron chi connectivity index (χ4n) is 5.99. The second-order valence-corrected chi connectivity index (χ2v) is 16.9. The van der Waals surface area contributed by atoms with E-state index in [0.29, 0.717) is 12.8 Å². The number of unbranched alkanes of at least 4 members (excludes halogenated alkanes) is 16. The Morgan fingerprint density at radius 1 is 0.583 bits per heavy atom. The van der Waals surface area contributed by atoms with Crippen LogP contribution in [0.15, 0.2) is 48.6 Å². The van der Waals surface area contributed by atoms with Crippen molar-refractivity contribution in [2.75, 3.05) is 19.8 Å². The summed E-state index contributed by atoms with van der Waals surface area (Å²) < 4.78 is 32.5. The summed E-state index contributed by atoms with van der Waals surface area (Å²) in [6, 6.07) is -1.57. The molecule has 5 atom stereocenters. The number of carbonyl (C=O) groups excluding carboxylic acids is 2. The van der Waals surface area contributed by atoms with Crippen LogP contribution in [0.5, 0.6) is 0 Å². The van der Waals surface area contributed by atoms with Crippen LogP contribution in [0.25, 0.3) is 0 Å². The van der Waals surface area contributed by atoms with E-state index >= 15 is 0 Å². The summed E-state index contributed by atoms with van der Waals surface area (Å²) in [5, 5.41) is 29.6. The quantitative estimate of drug-likeness (QED) is 0.0167. The summed E-state index contributed by atoms with van der Waals surface area (Å²) in [6.07, 6.45) is 37.7. The third kappa shape index (κ3) is 38.3. The summed E-state index contributed by atoms with van der Waals surface area (Å²) in [5.41, 5.74) is 5.32. The van der Waals surface area contributed by atoms with Crippen molar-refractivity contribution in [3.63, 3.8) is 0 Å². The average Bonchev–Trinajstić information content (AvgIpc) is 3.22. The Balaban J connectivity index is 4.58. The molecule has 60 heavy (non-hydrogen) atoms. The van der Waals surface area contributed by atoms with Gasteiger partial charge in [-0.05, 0) is 77.0 Å². The van der Waals surface area contributed by atoms with Gasteiger partial charge < -0.3 is 35.4 Å². The van der Waals surface area contributed by atoms with Gasteiger partial charge >= 0.3 is 25.7 Å². The number of carboxylic acids is 1. The Labute approximate surface area is 361 Å². The van der Waals surface area contributed by atoms with Crippen molar-refractivity contribution in [2.45, 2.75) is 205 Å². The molecule has 0 spiro atoms. The molecule has 0 aromatic carbocycles. The maximum atomic E-state index is 12.7. The second kappa shape index (κ2) is 40.4. The van der Waals surface area contributed by atoms with E-state index in [4.69, 9.17) is 24.8 Å². The van der Waals surface area contributed by atoms with Crippen molar-refractivity contribution < 1.29 is 57.7 Å². The highest BCUT2D eigenvalue weighted by atomic mass is 31.2. The normalized spacial score (nSPS) is 15.2. The molecule has 0 heterocycles. The van der Waals surface area contributed by atoms with E-state index in [1.807, 2.05) is 12.2 Å². The minimum Gasteiger partial charge on any atom is -0.480 e. The fraction of sp³-hybridized carbons (Fsp3) is 0.761. The number of carboxylic acid groups (broad SMARTS) is 1. The van der Waals surface area contributed by atoms with Crippen molar-refractivity contribution in [2.24, 2.45) is 5.73 Å². The van der Waals surface area contributed by atoms with Crippen LogP contribution < -0.4 is 5.73 Å². The van der Waals surface area contributed by atoms with E-state index in [1.165, 1.54) is 77.0 Å².